The Morgan fingerprint density at radius 2 is 2.09 bits per heavy atom. The lowest BCUT2D eigenvalue weighted by Gasteiger charge is -2.26. The van der Waals surface area contributed by atoms with E-state index in [1.165, 1.54) is 13.8 Å². The first kappa shape index (κ1) is 10.2. The fourth-order valence-electron chi connectivity index (χ4n) is 0.595. The third-order valence-electron chi connectivity index (χ3n) is 1.33. The van der Waals surface area contributed by atoms with Crippen molar-refractivity contribution in [3.8, 4) is 0 Å². The van der Waals surface area contributed by atoms with Gasteiger partial charge in [-0.25, -0.2) is 4.79 Å². The standard InChI is InChI=1S/C6H13NO4/c1-6(2,11)4(3-8)7-5(9)10/h4,7-8,11H,3H2,1-2H3,(H,9,10)/t4-/m1/s1. The number of hydrogen-bond acceptors (Lipinski definition) is 3. The van der Waals surface area contributed by atoms with Gasteiger partial charge in [0.1, 0.15) is 0 Å². The highest BCUT2D eigenvalue weighted by Gasteiger charge is 2.27. The molecule has 0 radical (unpaired) electrons. The molecule has 5 nitrogen and oxygen atoms in total. The maximum absolute atomic E-state index is 10.1. The van der Waals surface area contributed by atoms with E-state index < -0.39 is 24.3 Å². The van der Waals surface area contributed by atoms with Gasteiger partial charge in [0.15, 0.2) is 0 Å². The van der Waals surface area contributed by atoms with Crippen LogP contribution in [0.3, 0.4) is 0 Å². The molecular weight excluding hydrogens is 150 g/mol. The molecule has 0 saturated heterocycles. The SMILES string of the molecule is CC(C)(O)[C@@H](CO)NC(=O)O. The van der Waals surface area contributed by atoms with Crippen LogP contribution in [-0.4, -0.2) is 39.7 Å². The summed E-state index contributed by atoms with van der Waals surface area (Å²) in [5.74, 6) is 0. The van der Waals surface area contributed by atoms with E-state index in [1.54, 1.807) is 0 Å². The van der Waals surface area contributed by atoms with Gasteiger partial charge >= 0.3 is 6.09 Å². The first-order valence-electron chi connectivity index (χ1n) is 3.20. The number of amides is 1. The summed E-state index contributed by atoms with van der Waals surface area (Å²) in [7, 11) is 0. The van der Waals surface area contributed by atoms with Crippen molar-refractivity contribution in [3.05, 3.63) is 0 Å². The summed E-state index contributed by atoms with van der Waals surface area (Å²) in [5, 5.41) is 28.1. The highest BCUT2D eigenvalue weighted by atomic mass is 16.4. The summed E-state index contributed by atoms with van der Waals surface area (Å²) in [6.45, 7) is 2.42. The molecule has 1 atom stereocenters. The Balaban J connectivity index is 4.07. The Bertz CT molecular complexity index is 140. The van der Waals surface area contributed by atoms with Gasteiger partial charge in [0, 0.05) is 0 Å². The summed E-state index contributed by atoms with van der Waals surface area (Å²) in [5.41, 5.74) is -1.24. The fraction of sp³-hybridized carbons (Fsp3) is 0.833. The van der Waals surface area contributed by atoms with E-state index in [4.69, 9.17) is 10.2 Å². The first-order chi connectivity index (χ1) is 4.88. The van der Waals surface area contributed by atoms with Crippen LogP contribution >= 0.6 is 0 Å². The predicted molar refractivity (Wildman–Crippen MR) is 38.3 cm³/mol. The third-order valence-corrected chi connectivity index (χ3v) is 1.33. The van der Waals surface area contributed by atoms with E-state index in [0.717, 1.165) is 0 Å². The number of rotatable bonds is 3. The van der Waals surface area contributed by atoms with Crippen LogP contribution in [0.2, 0.25) is 0 Å². The molecule has 5 heteroatoms. The minimum Gasteiger partial charge on any atom is -0.465 e. The third kappa shape index (κ3) is 3.79. The lowest BCUT2D eigenvalue weighted by molar-refractivity contribution is 0.0157. The fourth-order valence-corrected chi connectivity index (χ4v) is 0.595. The van der Waals surface area contributed by atoms with E-state index in [0.29, 0.717) is 0 Å². The Labute approximate surface area is 64.7 Å². The lowest BCUT2D eigenvalue weighted by atomic mass is 10.0. The minimum absolute atomic E-state index is 0.421. The molecule has 0 aromatic rings. The summed E-state index contributed by atoms with van der Waals surface area (Å²) < 4.78 is 0. The lowest BCUT2D eigenvalue weighted by Crippen LogP contribution is -2.51. The number of carbonyl (C=O) groups is 1. The summed E-state index contributed by atoms with van der Waals surface area (Å²) in [6.07, 6.45) is -1.26. The molecule has 0 rings (SSSR count). The number of hydrogen-bond donors (Lipinski definition) is 4. The number of nitrogens with one attached hydrogen (secondary N) is 1. The Morgan fingerprint density at radius 1 is 1.64 bits per heavy atom. The molecular formula is C6H13NO4. The van der Waals surface area contributed by atoms with Crippen molar-refractivity contribution in [3.63, 3.8) is 0 Å². The van der Waals surface area contributed by atoms with E-state index in [-0.39, 0.29) is 0 Å². The highest BCUT2D eigenvalue weighted by molar-refractivity contribution is 5.65. The number of aliphatic hydroxyl groups is 2. The van der Waals surface area contributed by atoms with E-state index >= 15 is 0 Å². The molecule has 1 amide bonds. The monoisotopic (exact) mass is 163 g/mol. The first-order valence-corrected chi connectivity index (χ1v) is 3.20. The van der Waals surface area contributed by atoms with Crippen molar-refractivity contribution in [1.29, 1.82) is 0 Å². The van der Waals surface area contributed by atoms with Crippen LogP contribution in [0.25, 0.3) is 0 Å². The van der Waals surface area contributed by atoms with Gasteiger partial charge in [0.2, 0.25) is 0 Å². The van der Waals surface area contributed by atoms with Gasteiger partial charge in [-0.1, -0.05) is 0 Å². The molecule has 0 heterocycles. The second-order valence-electron chi connectivity index (χ2n) is 2.84. The van der Waals surface area contributed by atoms with Crippen molar-refractivity contribution in [2.75, 3.05) is 6.61 Å². The summed E-state index contributed by atoms with van der Waals surface area (Å²) >= 11 is 0. The van der Waals surface area contributed by atoms with Gasteiger partial charge in [0.25, 0.3) is 0 Å². The van der Waals surface area contributed by atoms with Crippen molar-refractivity contribution in [2.45, 2.75) is 25.5 Å². The van der Waals surface area contributed by atoms with Crippen molar-refractivity contribution >= 4 is 6.09 Å². The van der Waals surface area contributed by atoms with Crippen LogP contribution in [0.1, 0.15) is 13.8 Å². The summed E-state index contributed by atoms with van der Waals surface area (Å²) in [4.78, 5) is 10.1. The topological polar surface area (TPSA) is 89.8 Å². The number of carboxylic acid groups (broad SMARTS) is 1. The van der Waals surface area contributed by atoms with E-state index in [2.05, 4.69) is 0 Å². The Hall–Kier alpha value is -0.810. The second-order valence-corrected chi connectivity index (χ2v) is 2.84. The molecule has 11 heavy (non-hydrogen) atoms. The van der Waals surface area contributed by atoms with Gasteiger partial charge < -0.3 is 20.6 Å². The predicted octanol–water partition coefficient (Wildman–Crippen LogP) is -0.614. The van der Waals surface area contributed by atoms with E-state index in [9.17, 15) is 9.90 Å². The molecule has 0 spiro atoms. The van der Waals surface area contributed by atoms with Crippen molar-refractivity contribution < 1.29 is 20.1 Å². The smallest absolute Gasteiger partial charge is 0.405 e. The maximum Gasteiger partial charge on any atom is 0.405 e. The van der Waals surface area contributed by atoms with Gasteiger partial charge in [-0.05, 0) is 13.8 Å². The molecule has 0 fully saturated rings. The molecule has 0 unspecified atom stereocenters. The second kappa shape index (κ2) is 3.54. The van der Waals surface area contributed by atoms with Crippen LogP contribution in [0, 0.1) is 0 Å². The van der Waals surface area contributed by atoms with Crippen molar-refractivity contribution in [1.82, 2.24) is 5.32 Å². The number of aliphatic hydroxyl groups excluding tert-OH is 1. The Morgan fingerprint density at radius 3 is 2.18 bits per heavy atom. The van der Waals surface area contributed by atoms with Crippen LogP contribution in [0.4, 0.5) is 4.79 Å². The zero-order chi connectivity index (χ0) is 9.07. The molecule has 0 aliphatic rings. The molecule has 0 bridgehead atoms. The van der Waals surface area contributed by atoms with Crippen molar-refractivity contribution in [2.24, 2.45) is 0 Å². The molecule has 0 saturated carbocycles. The Kier molecular flexibility index (Phi) is 3.28. The molecule has 0 aliphatic carbocycles. The normalized spacial score (nSPS) is 14.2. The van der Waals surface area contributed by atoms with Crippen LogP contribution in [-0.2, 0) is 0 Å². The largest absolute Gasteiger partial charge is 0.465 e. The van der Waals surface area contributed by atoms with Crippen LogP contribution in [0.15, 0.2) is 0 Å². The maximum atomic E-state index is 10.1. The van der Waals surface area contributed by atoms with Gasteiger partial charge in [0.05, 0.1) is 18.2 Å². The van der Waals surface area contributed by atoms with E-state index in [1.807, 2.05) is 5.32 Å². The molecule has 4 N–H and O–H groups in total. The molecule has 0 aromatic carbocycles. The minimum atomic E-state index is -1.26. The van der Waals surface area contributed by atoms with Gasteiger partial charge in [-0.3, -0.25) is 0 Å². The van der Waals surface area contributed by atoms with Crippen LogP contribution < -0.4 is 5.32 Å². The quantitative estimate of drug-likeness (QED) is 0.446. The zero-order valence-corrected chi connectivity index (χ0v) is 6.53. The molecule has 0 aromatic heterocycles. The molecule has 0 aliphatic heterocycles. The highest BCUT2D eigenvalue weighted by Crippen LogP contribution is 2.07. The van der Waals surface area contributed by atoms with Gasteiger partial charge in [-0.15, -0.1) is 0 Å². The average Bonchev–Trinajstić information content (AvgIpc) is 1.79. The summed E-state index contributed by atoms with van der Waals surface area (Å²) in [6, 6.07) is -0.847. The average molecular weight is 163 g/mol. The van der Waals surface area contributed by atoms with Gasteiger partial charge in [-0.2, -0.15) is 0 Å². The molecule has 66 valence electrons. The zero-order valence-electron chi connectivity index (χ0n) is 6.53. The van der Waals surface area contributed by atoms with Crippen LogP contribution in [0.5, 0.6) is 0 Å².